The van der Waals surface area contributed by atoms with E-state index in [9.17, 15) is 14.0 Å². The lowest BCUT2D eigenvalue weighted by atomic mass is 9.92. The number of hydrogen-bond acceptors (Lipinski definition) is 8. The first kappa shape index (κ1) is 29.8. The van der Waals surface area contributed by atoms with E-state index in [4.69, 9.17) is 14.7 Å². The molecule has 2 aromatic carbocycles. The number of nitrogens with zero attached hydrogens (tertiary/aromatic N) is 4. The van der Waals surface area contributed by atoms with Gasteiger partial charge in [-0.1, -0.05) is 24.3 Å². The number of halogens is 1. The summed E-state index contributed by atoms with van der Waals surface area (Å²) in [7, 11) is 1.71. The van der Waals surface area contributed by atoms with E-state index in [1.807, 2.05) is 23.1 Å². The molecule has 0 radical (unpaired) electrons. The van der Waals surface area contributed by atoms with E-state index in [2.05, 4.69) is 32.6 Å². The number of methoxy groups -OCH3 is 1. The zero-order chi connectivity index (χ0) is 33.2. The molecule has 6 aromatic rings. The molecule has 0 spiro atoms. The Morgan fingerprint density at radius 2 is 1.94 bits per heavy atom. The molecular formula is C37H32FN7O3S. The van der Waals surface area contributed by atoms with Crippen molar-refractivity contribution in [2.24, 2.45) is 0 Å². The molecule has 3 aliphatic rings. The molecule has 3 N–H and O–H groups in total. The molecule has 0 unspecified atom stereocenters. The third kappa shape index (κ3) is 4.92. The minimum atomic E-state index is -0.446. The SMILES string of the molecule is COc1cccc2c1CC[C@@H]2Nc1nccc2cc(-c3c4c(nc(CCc5ccc(F)cc5)c3-c3n[nH]c(=O)[nH]3)[C@@H]3CCCN3C4=O)sc12. The number of benzene rings is 2. The zero-order valence-corrected chi connectivity index (χ0v) is 27.5. The van der Waals surface area contributed by atoms with Crippen molar-refractivity contribution in [2.45, 2.75) is 50.6 Å². The van der Waals surface area contributed by atoms with E-state index in [1.165, 1.54) is 23.3 Å². The predicted molar refractivity (Wildman–Crippen MR) is 186 cm³/mol. The molecule has 6 heterocycles. The maximum Gasteiger partial charge on any atom is 0.340 e. The van der Waals surface area contributed by atoms with Gasteiger partial charge in [-0.05, 0) is 90.9 Å². The number of rotatable bonds is 8. The van der Waals surface area contributed by atoms with E-state index in [0.717, 1.165) is 74.7 Å². The molecule has 1 fully saturated rings. The van der Waals surface area contributed by atoms with Crippen molar-refractivity contribution in [3.63, 3.8) is 0 Å². The van der Waals surface area contributed by atoms with Crippen molar-refractivity contribution in [2.75, 3.05) is 19.0 Å². The highest BCUT2D eigenvalue weighted by Crippen LogP contribution is 2.50. The van der Waals surface area contributed by atoms with Gasteiger partial charge in [0.15, 0.2) is 5.82 Å². The number of nitrogens with one attached hydrogen (secondary N) is 3. The Bertz CT molecular complexity index is 2330. The molecule has 2 aliphatic heterocycles. The fraction of sp³-hybridized carbons (Fsp3) is 0.270. The van der Waals surface area contributed by atoms with Crippen molar-refractivity contribution < 1.29 is 13.9 Å². The molecule has 246 valence electrons. The summed E-state index contributed by atoms with van der Waals surface area (Å²) in [5.41, 5.74) is 6.37. The molecule has 2 atom stereocenters. The van der Waals surface area contributed by atoms with Gasteiger partial charge < -0.3 is 15.0 Å². The van der Waals surface area contributed by atoms with E-state index >= 15 is 0 Å². The highest BCUT2D eigenvalue weighted by Gasteiger charge is 2.44. The smallest absolute Gasteiger partial charge is 0.340 e. The molecule has 0 saturated carbocycles. The number of aryl methyl sites for hydroxylation is 2. The van der Waals surface area contributed by atoms with Crippen LogP contribution >= 0.6 is 11.3 Å². The van der Waals surface area contributed by atoms with Crippen LogP contribution in [0.3, 0.4) is 0 Å². The number of aromatic nitrogens is 5. The first-order valence-electron chi connectivity index (χ1n) is 16.6. The van der Waals surface area contributed by atoms with Crippen molar-refractivity contribution in [1.82, 2.24) is 30.0 Å². The largest absolute Gasteiger partial charge is 0.496 e. The van der Waals surface area contributed by atoms with Gasteiger partial charge in [-0.15, -0.1) is 11.3 Å². The maximum absolute atomic E-state index is 14.2. The molecule has 1 aliphatic carbocycles. The fourth-order valence-corrected chi connectivity index (χ4v) is 9.02. The Morgan fingerprint density at radius 3 is 2.76 bits per heavy atom. The van der Waals surface area contributed by atoms with Gasteiger partial charge in [0.1, 0.15) is 17.4 Å². The number of carbonyl (C=O) groups excluding carboxylic acids is 1. The number of fused-ring (bicyclic) bond motifs is 5. The molecule has 4 aromatic heterocycles. The summed E-state index contributed by atoms with van der Waals surface area (Å²) in [6.45, 7) is 0.677. The van der Waals surface area contributed by atoms with Gasteiger partial charge in [0.2, 0.25) is 0 Å². The summed E-state index contributed by atoms with van der Waals surface area (Å²) in [5.74, 6) is 1.67. The molecule has 0 bridgehead atoms. The van der Waals surface area contributed by atoms with Crippen LogP contribution in [0.1, 0.15) is 69.8 Å². The minimum absolute atomic E-state index is 0.0466. The number of amides is 1. The topological polar surface area (TPSA) is 129 Å². The Labute approximate surface area is 284 Å². The number of ether oxygens (including phenoxy) is 1. The number of aromatic amines is 2. The number of anilines is 1. The summed E-state index contributed by atoms with van der Waals surface area (Å²) in [4.78, 5) is 42.2. The second-order valence-electron chi connectivity index (χ2n) is 12.8. The summed E-state index contributed by atoms with van der Waals surface area (Å²) < 4.78 is 20.3. The van der Waals surface area contributed by atoms with Crippen LogP contribution in [-0.4, -0.2) is 49.6 Å². The lowest BCUT2D eigenvalue weighted by Gasteiger charge is -2.17. The van der Waals surface area contributed by atoms with Crippen molar-refractivity contribution in [3.05, 3.63) is 111 Å². The molecular weight excluding hydrogens is 642 g/mol. The van der Waals surface area contributed by atoms with Crippen LogP contribution in [0.4, 0.5) is 10.2 Å². The van der Waals surface area contributed by atoms with Crippen LogP contribution in [0.25, 0.3) is 31.9 Å². The van der Waals surface area contributed by atoms with Crippen LogP contribution < -0.4 is 15.7 Å². The lowest BCUT2D eigenvalue weighted by Crippen LogP contribution is -2.22. The third-order valence-corrected chi connectivity index (χ3v) is 11.3. The van der Waals surface area contributed by atoms with Crippen molar-refractivity contribution >= 4 is 33.1 Å². The number of H-pyrrole nitrogens is 2. The summed E-state index contributed by atoms with van der Waals surface area (Å²) in [6.07, 6.45) is 6.50. The number of carbonyl (C=O) groups is 1. The van der Waals surface area contributed by atoms with E-state index < -0.39 is 5.69 Å². The van der Waals surface area contributed by atoms with Crippen LogP contribution in [0.2, 0.25) is 0 Å². The Morgan fingerprint density at radius 1 is 1.06 bits per heavy atom. The third-order valence-electron chi connectivity index (χ3n) is 10.1. The standard InChI is InChI=1S/C37H32FN7O3S/c1-48-27-6-2-4-22-23(27)12-14-24(22)41-35-33-20(15-16-39-35)18-28(49-33)30-29(34-42-37(47)44-43-34)25(13-9-19-7-10-21(38)11-8-19)40-32-26-5-3-17-45(26)36(46)31(30)32/h2,4,6-8,10-11,15-16,18,24,26H,3,5,9,12-14,17H2,1H3,(H,39,41)(H2,42,43,44,47)/t24-,26-/m0/s1. The van der Waals surface area contributed by atoms with E-state index in [0.29, 0.717) is 36.3 Å². The predicted octanol–water partition coefficient (Wildman–Crippen LogP) is 6.76. The highest BCUT2D eigenvalue weighted by atomic mass is 32.1. The molecule has 9 rings (SSSR count). The second-order valence-corrected chi connectivity index (χ2v) is 13.9. The van der Waals surface area contributed by atoms with Gasteiger partial charge in [-0.2, -0.15) is 5.10 Å². The lowest BCUT2D eigenvalue weighted by molar-refractivity contribution is 0.0776. The zero-order valence-electron chi connectivity index (χ0n) is 26.7. The van der Waals surface area contributed by atoms with Gasteiger partial charge in [-0.25, -0.2) is 19.3 Å². The first-order chi connectivity index (χ1) is 24.0. The molecule has 12 heteroatoms. The average Bonchev–Trinajstić information content (AvgIpc) is 3.95. The average molecular weight is 674 g/mol. The second kappa shape index (κ2) is 11.7. The fourth-order valence-electron chi connectivity index (χ4n) is 7.85. The van der Waals surface area contributed by atoms with Crippen LogP contribution in [0, 0.1) is 5.82 Å². The van der Waals surface area contributed by atoms with Crippen molar-refractivity contribution in [1.29, 1.82) is 0 Å². The Hall–Kier alpha value is -5.36. The normalized spacial score (nSPS) is 17.8. The monoisotopic (exact) mass is 673 g/mol. The molecule has 10 nitrogen and oxygen atoms in total. The number of pyridine rings is 2. The maximum atomic E-state index is 14.2. The molecule has 1 amide bonds. The Kier molecular flexibility index (Phi) is 7.08. The van der Waals surface area contributed by atoms with Crippen molar-refractivity contribution in [3.8, 4) is 27.6 Å². The minimum Gasteiger partial charge on any atom is -0.496 e. The first-order valence-corrected chi connectivity index (χ1v) is 17.4. The van der Waals surface area contributed by atoms with Crippen LogP contribution in [0.15, 0.2) is 65.6 Å². The van der Waals surface area contributed by atoms with Gasteiger partial charge in [0.05, 0.1) is 46.4 Å². The van der Waals surface area contributed by atoms with Gasteiger partial charge in [0.25, 0.3) is 5.91 Å². The van der Waals surface area contributed by atoms with Gasteiger partial charge in [-0.3, -0.25) is 14.8 Å². The molecule has 49 heavy (non-hydrogen) atoms. The van der Waals surface area contributed by atoms with Crippen LogP contribution in [0.5, 0.6) is 5.75 Å². The Balaban J connectivity index is 1.20. The summed E-state index contributed by atoms with van der Waals surface area (Å²) in [5, 5.41) is 11.6. The summed E-state index contributed by atoms with van der Waals surface area (Å²) in [6, 6.07) is 16.7. The molecule has 1 saturated heterocycles. The van der Waals surface area contributed by atoms with Crippen LogP contribution in [-0.2, 0) is 19.3 Å². The van der Waals surface area contributed by atoms with E-state index in [-0.39, 0.29) is 23.8 Å². The number of hydrogen-bond donors (Lipinski definition) is 3. The van der Waals surface area contributed by atoms with E-state index in [1.54, 1.807) is 36.8 Å². The van der Waals surface area contributed by atoms with Gasteiger partial charge >= 0.3 is 5.69 Å². The number of thiophene rings is 1. The highest BCUT2D eigenvalue weighted by molar-refractivity contribution is 7.23. The summed E-state index contributed by atoms with van der Waals surface area (Å²) >= 11 is 1.57. The quantitative estimate of drug-likeness (QED) is 0.163. The van der Waals surface area contributed by atoms with Gasteiger partial charge in [0, 0.05) is 23.2 Å².